The lowest BCUT2D eigenvalue weighted by atomic mass is 10.2. The zero-order valence-corrected chi connectivity index (χ0v) is 15.5. The molecule has 26 heavy (non-hydrogen) atoms. The summed E-state index contributed by atoms with van der Waals surface area (Å²) < 4.78 is 25.9. The molecular weight excluding hydrogens is 382 g/mol. The van der Waals surface area contributed by atoms with Crippen molar-refractivity contribution in [2.75, 3.05) is 18.9 Å². The van der Waals surface area contributed by atoms with Gasteiger partial charge in [0.1, 0.15) is 5.02 Å². The summed E-state index contributed by atoms with van der Waals surface area (Å²) in [5.74, 6) is -0.539. The molecule has 0 unspecified atom stereocenters. The first-order valence-electron chi connectivity index (χ1n) is 7.38. The monoisotopic (exact) mass is 397 g/mol. The molecule has 2 aromatic rings. The zero-order chi connectivity index (χ0) is 19.5. The molecule has 2 aromatic carbocycles. The van der Waals surface area contributed by atoms with Crippen LogP contribution in [0.3, 0.4) is 0 Å². The number of anilines is 1. The van der Waals surface area contributed by atoms with Crippen molar-refractivity contribution in [3.05, 3.63) is 63.2 Å². The predicted octanol–water partition coefficient (Wildman–Crippen LogP) is 2.82. The molecule has 0 aliphatic carbocycles. The van der Waals surface area contributed by atoms with Gasteiger partial charge in [0.15, 0.2) is 0 Å². The Morgan fingerprint density at radius 2 is 1.85 bits per heavy atom. The van der Waals surface area contributed by atoms with Crippen molar-refractivity contribution in [2.24, 2.45) is 0 Å². The van der Waals surface area contributed by atoms with Gasteiger partial charge < -0.3 is 5.32 Å². The van der Waals surface area contributed by atoms with E-state index in [1.165, 1.54) is 7.05 Å². The average molecular weight is 398 g/mol. The number of halogens is 1. The fourth-order valence-electron chi connectivity index (χ4n) is 2.10. The molecule has 0 saturated carbocycles. The number of sulfonamides is 1. The van der Waals surface area contributed by atoms with Crippen LogP contribution in [-0.2, 0) is 14.8 Å². The third-order valence-corrected chi connectivity index (χ3v) is 5.64. The molecule has 1 amide bonds. The first-order valence-corrected chi connectivity index (χ1v) is 9.20. The van der Waals surface area contributed by atoms with Crippen LogP contribution >= 0.6 is 11.6 Å². The Morgan fingerprint density at radius 1 is 1.23 bits per heavy atom. The number of benzene rings is 2. The lowest BCUT2D eigenvalue weighted by Gasteiger charge is -2.17. The molecule has 1 N–H and O–H groups in total. The summed E-state index contributed by atoms with van der Waals surface area (Å²) in [5, 5.41) is 13.3. The highest BCUT2D eigenvalue weighted by Crippen LogP contribution is 2.28. The first kappa shape index (κ1) is 19.8. The minimum Gasteiger partial charge on any atom is -0.325 e. The maximum atomic E-state index is 12.5. The van der Waals surface area contributed by atoms with Crippen LogP contribution in [0.5, 0.6) is 0 Å². The number of nitrogens with one attached hydrogen (secondary N) is 1. The zero-order valence-electron chi connectivity index (χ0n) is 14.0. The molecule has 0 saturated heterocycles. The van der Waals surface area contributed by atoms with E-state index in [1.807, 2.05) is 19.1 Å². The van der Waals surface area contributed by atoms with Crippen molar-refractivity contribution in [1.82, 2.24) is 4.31 Å². The normalized spacial score (nSPS) is 11.4. The summed E-state index contributed by atoms with van der Waals surface area (Å²) in [6, 6.07) is 10.2. The molecule has 0 radical (unpaired) electrons. The quantitative estimate of drug-likeness (QED) is 0.595. The summed E-state index contributed by atoms with van der Waals surface area (Å²) in [4.78, 5) is 21.9. The number of likely N-dealkylation sites (N-methyl/N-ethyl adjacent to an activating group) is 1. The fourth-order valence-corrected chi connectivity index (χ4v) is 3.43. The number of amides is 1. The second kappa shape index (κ2) is 7.81. The van der Waals surface area contributed by atoms with Crippen LogP contribution in [0.1, 0.15) is 5.56 Å². The maximum Gasteiger partial charge on any atom is 0.289 e. The molecule has 0 aliphatic rings. The Balaban J connectivity index is 2.15. The third kappa shape index (κ3) is 4.57. The molecule has 0 bridgehead atoms. The minimum absolute atomic E-state index is 0.172. The van der Waals surface area contributed by atoms with Gasteiger partial charge in [-0.25, -0.2) is 8.42 Å². The Morgan fingerprint density at radius 3 is 2.42 bits per heavy atom. The van der Waals surface area contributed by atoms with E-state index in [0.29, 0.717) is 5.69 Å². The van der Waals surface area contributed by atoms with E-state index in [0.717, 1.165) is 28.1 Å². The Kier molecular flexibility index (Phi) is 5.96. The Hall–Kier alpha value is -2.49. The van der Waals surface area contributed by atoms with Crippen molar-refractivity contribution in [3.8, 4) is 0 Å². The van der Waals surface area contributed by atoms with E-state index in [-0.39, 0.29) is 9.92 Å². The lowest BCUT2D eigenvalue weighted by Crippen LogP contribution is -2.35. The van der Waals surface area contributed by atoms with Gasteiger partial charge in [-0.05, 0) is 31.2 Å². The van der Waals surface area contributed by atoms with E-state index < -0.39 is 33.1 Å². The number of nitro benzene ring substituents is 1. The fraction of sp³-hybridized carbons (Fsp3) is 0.188. The highest BCUT2D eigenvalue weighted by Gasteiger charge is 2.26. The summed E-state index contributed by atoms with van der Waals surface area (Å²) in [6.45, 7) is 1.45. The topological polar surface area (TPSA) is 110 Å². The Labute approximate surface area is 155 Å². The van der Waals surface area contributed by atoms with Gasteiger partial charge >= 0.3 is 0 Å². The van der Waals surface area contributed by atoms with Crippen molar-refractivity contribution < 1.29 is 18.1 Å². The highest BCUT2D eigenvalue weighted by molar-refractivity contribution is 7.89. The van der Waals surface area contributed by atoms with Crippen molar-refractivity contribution in [3.63, 3.8) is 0 Å². The third-order valence-electron chi connectivity index (χ3n) is 3.52. The molecule has 10 heteroatoms. The van der Waals surface area contributed by atoms with Crippen LogP contribution < -0.4 is 5.32 Å². The van der Waals surface area contributed by atoms with Gasteiger partial charge in [-0.2, -0.15) is 4.31 Å². The van der Waals surface area contributed by atoms with Gasteiger partial charge in [0.05, 0.1) is 16.4 Å². The molecule has 0 atom stereocenters. The van der Waals surface area contributed by atoms with Gasteiger partial charge in [-0.3, -0.25) is 14.9 Å². The number of hydrogen-bond donors (Lipinski definition) is 1. The molecule has 0 heterocycles. The van der Waals surface area contributed by atoms with E-state index in [2.05, 4.69) is 5.32 Å². The predicted molar refractivity (Wildman–Crippen MR) is 97.7 cm³/mol. The van der Waals surface area contributed by atoms with Gasteiger partial charge in [-0.15, -0.1) is 0 Å². The molecule has 2 rings (SSSR count). The van der Waals surface area contributed by atoms with E-state index >= 15 is 0 Å². The number of nitro groups is 1. The number of aryl methyl sites for hydroxylation is 1. The van der Waals surface area contributed by atoms with Gasteiger partial charge in [-0.1, -0.05) is 29.3 Å². The summed E-state index contributed by atoms with van der Waals surface area (Å²) in [7, 11) is -2.88. The standard InChI is InChI=1S/C16H16ClN3O5S/c1-11-3-5-12(6-4-11)18-16(21)10-19(2)26(24,25)13-7-8-14(17)15(9-13)20(22)23/h3-9H,10H2,1-2H3,(H,18,21). The molecular formula is C16H16ClN3O5S. The van der Waals surface area contributed by atoms with Gasteiger partial charge in [0, 0.05) is 18.8 Å². The van der Waals surface area contributed by atoms with E-state index in [4.69, 9.17) is 11.6 Å². The van der Waals surface area contributed by atoms with Crippen molar-refractivity contribution in [2.45, 2.75) is 11.8 Å². The van der Waals surface area contributed by atoms with E-state index in [1.54, 1.807) is 12.1 Å². The molecule has 0 aliphatic heterocycles. The molecule has 8 nitrogen and oxygen atoms in total. The van der Waals surface area contributed by atoms with Crippen LogP contribution in [0.2, 0.25) is 5.02 Å². The molecule has 0 spiro atoms. The van der Waals surface area contributed by atoms with Crippen molar-refractivity contribution >= 4 is 38.9 Å². The average Bonchev–Trinajstić information content (AvgIpc) is 2.56. The maximum absolute atomic E-state index is 12.5. The number of hydrogen-bond acceptors (Lipinski definition) is 5. The summed E-state index contributed by atoms with van der Waals surface area (Å²) >= 11 is 5.69. The largest absolute Gasteiger partial charge is 0.325 e. The first-order chi connectivity index (χ1) is 12.1. The van der Waals surface area contributed by atoms with Crippen LogP contribution in [-0.4, -0.2) is 37.1 Å². The number of rotatable bonds is 6. The summed E-state index contributed by atoms with van der Waals surface area (Å²) in [6.07, 6.45) is 0. The second-order valence-corrected chi connectivity index (χ2v) is 8.00. The van der Waals surface area contributed by atoms with Crippen LogP contribution in [0.25, 0.3) is 0 Å². The molecule has 0 fully saturated rings. The van der Waals surface area contributed by atoms with Crippen LogP contribution in [0.15, 0.2) is 47.4 Å². The number of carbonyl (C=O) groups is 1. The van der Waals surface area contributed by atoms with Crippen LogP contribution in [0.4, 0.5) is 11.4 Å². The number of nitrogens with zero attached hydrogens (tertiary/aromatic N) is 2. The summed E-state index contributed by atoms with van der Waals surface area (Å²) in [5.41, 5.74) is 1.03. The van der Waals surface area contributed by atoms with E-state index in [9.17, 15) is 23.3 Å². The van der Waals surface area contributed by atoms with Gasteiger partial charge in [0.25, 0.3) is 5.69 Å². The highest BCUT2D eigenvalue weighted by atomic mass is 35.5. The second-order valence-electron chi connectivity index (χ2n) is 5.55. The number of carbonyl (C=O) groups excluding carboxylic acids is 1. The van der Waals surface area contributed by atoms with Crippen LogP contribution in [0, 0.1) is 17.0 Å². The van der Waals surface area contributed by atoms with Gasteiger partial charge in [0.2, 0.25) is 15.9 Å². The minimum atomic E-state index is -4.10. The SMILES string of the molecule is Cc1ccc(NC(=O)CN(C)S(=O)(=O)c2ccc(Cl)c([N+](=O)[O-])c2)cc1. The molecule has 138 valence electrons. The smallest absolute Gasteiger partial charge is 0.289 e. The lowest BCUT2D eigenvalue weighted by molar-refractivity contribution is -0.384. The molecule has 0 aromatic heterocycles. The Bertz CT molecular complexity index is 945. The van der Waals surface area contributed by atoms with Crippen molar-refractivity contribution in [1.29, 1.82) is 0 Å².